The van der Waals surface area contributed by atoms with Crippen molar-refractivity contribution < 1.29 is 50.0 Å². The average molecular weight is 1230 g/mol. The Bertz CT molecular complexity index is 1510. The normalized spacial score (nSPS) is 18.8. The number of unbranched alkanes of at least 4 members (excludes halogenated alkanes) is 49. The second kappa shape index (κ2) is 64.4. The van der Waals surface area contributed by atoms with E-state index < -0.39 is 74.2 Å². The van der Waals surface area contributed by atoms with E-state index in [9.17, 15) is 40.5 Å². The zero-order chi connectivity index (χ0) is 63.1. The summed E-state index contributed by atoms with van der Waals surface area (Å²) in [4.78, 5) is 13.3. The molecule has 9 unspecified atom stereocenters. The minimum absolute atomic E-state index is 0.243. The molecular formula is C76H145NO10. The van der Waals surface area contributed by atoms with E-state index in [-0.39, 0.29) is 12.8 Å². The van der Waals surface area contributed by atoms with E-state index >= 15 is 0 Å². The molecule has 9 atom stereocenters. The van der Waals surface area contributed by atoms with Gasteiger partial charge < -0.3 is 50.5 Å². The minimum atomic E-state index is -1.67. The van der Waals surface area contributed by atoms with Gasteiger partial charge in [-0.3, -0.25) is 4.79 Å². The summed E-state index contributed by atoms with van der Waals surface area (Å²) in [5.74, 6) is -0.705. The maximum absolute atomic E-state index is 13.3. The largest absolute Gasteiger partial charge is 0.394 e. The van der Waals surface area contributed by atoms with Gasteiger partial charge in [-0.25, -0.2) is 0 Å². The second-order valence-electron chi connectivity index (χ2n) is 26.7. The van der Waals surface area contributed by atoms with Gasteiger partial charge in [0, 0.05) is 0 Å². The predicted molar refractivity (Wildman–Crippen MR) is 367 cm³/mol. The average Bonchev–Trinajstić information content (AvgIpc) is 1.97. The van der Waals surface area contributed by atoms with Crippen LogP contribution in [0.3, 0.4) is 0 Å². The quantitative estimate of drug-likeness (QED) is 0.0215. The van der Waals surface area contributed by atoms with Crippen molar-refractivity contribution in [2.24, 2.45) is 0 Å². The van der Waals surface area contributed by atoms with Crippen LogP contribution in [0.2, 0.25) is 0 Å². The standard InChI is InChI=1S/C76H145NO10/c1-3-5-7-9-11-13-15-17-19-21-23-25-27-29-30-31-32-33-34-35-36-37-38-39-40-42-44-46-48-50-52-54-56-58-60-62-64-69(80)75(85)77-67(66-86-76-74(84)73(83)72(82)70(65-78)87-76)71(81)68(79)63-61-59-57-55-53-51-49-47-45-43-41-28-26-24-22-20-18-16-14-12-10-8-6-4-2/h28,41,47,49,55,57,67-74,76,78-84H,3-27,29-40,42-46,48,50-54,56,58-66H2,1-2H3,(H,77,85)/b41-28+,49-47+,57-55+. The highest BCUT2D eigenvalue weighted by Crippen LogP contribution is 2.24. The first kappa shape index (κ1) is 83.3. The van der Waals surface area contributed by atoms with Crippen LogP contribution in [0.5, 0.6) is 0 Å². The molecule has 0 spiro atoms. The highest BCUT2D eigenvalue weighted by atomic mass is 16.7. The number of allylic oxidation sites excluding steroid dienone is 6. The molecule has 87 heavy (non-hydrogen) atoms. The van der Waals surface area contributed by atoms with Crippen LogP contribution in [0.15, 0.2) is 36.5 Å². The fourth-order valence-electron chi connectivity index (χ4n) is 12.4. The second-order valence-corrected chi connectivity index (χ2v) is 26.7. The number of aliphatic hydroxyl groups excluding tert-OH is 7. The van der Waals surface area contributed by atoms with Gasteiger partial charge in [0.2, 0.25) is 5.91 Å². The smallest absolute Gasteiger partial charge is 0.249 e. The van der Waals surface area contributed by atoms with Gasteiger partial charge in [-0.2, -0.15) is 0 Å². The Labute approximate surface area is 537 Å². The van der Waals surface area contributed by atoms with Gasteiger partial charge in [0.1, 0.15) is 36.6 Å². The van der Waals surface area contributed by atoms with Gasteiger partial charge in [-0.15, -0.1) is 0 Å². The predicted octanol–water partition coefficient (Wildman–Crippen LogP) is 18.9. The molecule has 1 heterocycles. The number of ether oxygens (including phenoxy) is 2. The Morgan fingerprint density at radius 3 is 1.02 bits per heavy atom. The summed E-state index contributed by atoms with van der Waals surface area (Å²) in [6, 6.07) is -1.19. The van der Waals surface area contributed by atoms with Gasteiger partial charge in [-0.05, 0) is 64.2 Å². The lowest BCUT2D eigenvalue weighted by atomic mass is 9.98. The van der Waals surface area contributed by atoms with Gasteiger partial charge in [0.25, 0.3) is 0 Å². The van der Waals surface area contributed by atoms with Crippen molar-refractivity contribution in [3.63, 3.8) is 0 Å². The van der Waals surface area contributed by atoms with E-state index in [0.717, 1.165) is 44.9 Å². The maximum Gasteiger partial charge on any atom is 0.249 e. The number of carbonyl (C=O) groups excluding carboxylic acids is 1. The van der Waals surface area contributed by atoms with Crippen LogP contribution in [-0.4, -0.2) is 110 Å². The van der Waals surface area contributed by atoms with Crippen LogP contribution in [0, 0.1) is 0 Å². The van der Waals surface area contributed by atoms with E-state index in [2.05, 4.69) is 55.6 Å². The fourth-order valence-corrected chi connectivity index (χ4v) is 12.4. The molecule has 0 aromatic heterocycles. The summed E-state index contributed by atoms with van der Waals surface area (Å²) < 4.78 is 11.2. The topological polar surface area (TPSA) is 189 Å². The maximum atomic E-state index is 13.3. The third-order valence-corrected chi connectivity index (χ3v) is 18.4. The number of carbonyl (C=O) groups is 1. The molecule has 0 aliphatic carbocycles. The molecule has 0 bridgehead atoms. The van der Waals surface area contributed by atoms with Crippen LogP contribution in [-0.2, 0) is 14.3 Å². The molecule has 11 nitrogen and oxygen atoms in total. The highest BCUT2D eigenvalue weighted by Gasteiger charge is 2.44. The fraction of sp³-hybridized carbons (Fsp3) is 0.908. The summed E-state index contributed by atoms with van der Waals surface area (Å²) in [5, 5.41) is 76.5. The van der Waals surface area contributed by atoms with Crippen LogP contribution >= 0.6 is 0 Å². The molecule has 1 amide bonds. The summed E-state index contributed by atoms with van der Waals surface area (Å²) in [5.41, 5.74) is 0. The Balaban J connectivity index is 2.16. The Morgan fingerprint density at radius 2 is 0.690 bits per heavy atom. The molecule has 0 aromatic rings. The Kier molecular flexibility index (Phi) is 61.7. The molecule has 0 saturated carbocycles. The molecule has 0 radical (unpaired) electrons. The zero-order valence-corrected chi connectivity index (χ0v) is 57.0. The number of nitrogens with one attached hydrogen (secondary N) is 1. The Hall–Kier alpha value is -1.67. The first-order valence-electron chi connectivity index (χ1n) is 37.9. The van der Waals surface area contributed by atoms with Crippen molar-refractivity contribution in [2.45, 2.75) is 428 Å². The molecule has 1 rings (SSSR count). The third kappa shape index (κ3) is 51.5. The van der Waals surface area contributed by atoms with Gasteiger partial charge >= 0.3 is 0 Å². The van der Waals surface area contributed by atoms with Gasteiger partial charge in [-0.1, -0.05) is 346 Å². The molecule has 1 aliphatic heterocycles. The monoisotopic (exact) mass is 1230 g/mol. The van der Waals surface area contributed by atoms with Crippen LogP contribution in [0.25, 0.3) is 0 Å². The summed E-state index contributed by atoms with van der Waals surface area (Å²) in [7, 11) is 0. The van der Waals surface area contributed by atoms with Crippen LogP contribution in [0.4, 0.5) is 0 Å². The van der Waals surface area contributed by atoms with Crippen molar-refractivity contribution in [1.82, 2.24) is 5.32 Å². The van der Waals surface area contributed by atoms with E-state index in [4.69, 9.17) is 9.47 Å². The highest BCUT2D eigenvalue weighted by molar-refractivity contribution is 5.80. The molecule has 1 fully saturated rings. The van der Waals surface area contributed by atoms with E-state index in [1.165, 1.54) is 283 Å². The molecular weight excluding hydrogens is 1090 g/mol. The lowest BCUT2D eigenvalue weighted by Gasteiger charge is -2.40. The van der Waals surface area contributed by atoms with Crippen molar-refractivity contribution in [3.8, 4) is 0 Å². The first-order chi connectivity index (χ1) is 42.7. The summed E-state index contributed by atoms with van der Waals surface area (Å²) in [6.45, 7) is 3.49. The van der Waals surface area contributed by atoms with Crippen molar-refractivity contribution in [3.05, 3.63) is 36.5 Å². The molecule has 1 aliphatic rings. The van der Waals surface area contributed by atoms with Crippen molar-refractivity contribution in [2.75, 3.05) is 13.2 Å². The summed E-state index contributed by atoms with van der Waals surface area (Å²) >= 11 is 0. The minimum Gasteiger partial charge on any atom is -0.394 e. The van der Waals surface area contributed by atoms with E-state index in [0.29, 0.717) is 19.3 Å². The SMILES string of the molecule is CCCCCCCCCCCCC/C=C/CC/C=C/CC/C=C/CCCC(O)C(O)C(COC1OC(CO)C(O)C(O)C1O)NC(=O)C(O)CCCCCCCCCCCCCCCCCCCCCCCCCCCCCCCCCCCCCC. The van der Waals surface area contributed by atoms with E-state index in [1.54, 1.807) is 0 Å². The molecule has 514 valence electrons. The number of hydrogen-bond donors (Lipinski definition) is 8. The number of rotatable bonds is 67. The molecule has 8 N–H and O–H groups in total. The van der Waals surface area contributed by atoms with Gasteiger partial charge in [0.15, 0.2) is 6.29 Å². The zero-order valence-electron chi connectivity index (χ0n) is 57.0. The van der Waals surface area contributed by atoms with Crippen LogP contribution in [0.1, 0.15) is 373 Å². The summed E-state index contributed by atoms with van der Waals surface area (Å²) in [6.07, 6.45) is 72.6. The molecule has 1 saturated heterocycles. The number of hydrogen-bond acceptors (Lipinski definition) is 10. The van der Waals surface area contributed by atoms with E-state index in [1.807, 2.05) is 0 Å². The lowest BCUT2D eigenvalue weighted by molar-refractivity contribution is -0.303. The Morgan fingerprint density at radius 1 is 0.391 bits per heavy atom. The van der Waals surface area contributed by atoms with Crippen LogP contribution < -0.4 is 5.32 Å². The first-order valence-corrected chi connectivity index (χ1v) is 37.9. The molecule has 0 aromatic carbocycles. The lowest BCUT2D eigenvalue weighted by Crippen LogP contribution is -2.60. The van der Waals surface area contributed by atoms with Crippen molar-refractivity contribution in [1.29, 1.82) is 0 Å². The number of amides is 1. The van der Waals surface area contributed by atoms with Crippen molar-refractivity contribution >= 4 is 5.91 Å². The number of aliphatic hydroxyl groups is 7. The van der Waals surface area contributed by atoms with Gasteiger partial charge in [0.05, 0.1) is 25.4 Å². The molecule has 11 heteroatoms. The third-order valence-electron chi connectivity index (χ3n) is 18.4.